The molecule has 0 bridgehead atoms. The van der Waals surface area contributed by atoms with Crippen molar-refractivity contribution in [3.05, 3.63) is 33.1 Å². The van der Waals surface area contributed by atoms with Gasteiger partial charge in [-0.05, 0) is 66.7 Å². The van der Waals surface area contributed by atoms with Crippen LogP contribution in [0.25, 0.3) is 0 Å². The Labute approximate surface area is 113 Å². The summed E-state index contributed by atoms with van der Waals surface area (Å²) in [5, 5.41) is 6.17. The summed E-state index contributed by atoms with van der Waals surface area (Å²) < 4.78 is 13.8. The molecule has 0 radical (unpaired) electrons. The maximum Gasteiger partial charge on any atom is 0.251 e. The third-order valence-electron chi connectivity index (χ3n) is 2.86. The van der Waals surface area contributed by atoms with Gasteiger partial charge in [-0.3, -0.25) is 4.79 Å². The molecule has 0 saturated carbocycles. The molecule has 1 saturated heterocycles. The van der Waals surface area contributed by atoms with Crippen molar-refractivity contribution in [2.75, 3.05) is 13.1 Å². The summed E-state index contributed by atoms with van der Waals surface area (Å²) in [7, 11) is 0. The number of carbonyl (C=O) groups is 1. The second-order valence-corrected chi connectivity index (χ2v) is 5.29. The molecular weight excluding hydrogens is 334 g/mol. The summed E-state index contributed by atoms with van der Waals surface area (Å²) in [5.41, 5.74) is 0.390. The van der Waals surface area contributed by atoms with Gasteiger partial charge in [0, 0.05) is 15.2 Å². The van der Waals surface area contributed by atoms with Crippen LogP contribution in [0.1, 0.15) is 23.2 Å². The minimum Gasteiger partial charge on any atom is -0.349 e. The van der Waals surface area contributed by atoms with Crippen LogP contribution in [0.3, 0.4) is 0 Å². The molecular formula is C12H14FIN2O. The van der Waals surface area contributed by atoms with Gasteiger partial charge in [0.15, 0.2) is 0 Å². The molecule has 92 valence electrons. The lowest BCUT2D eigenvalue weighted by atomic mass is 10.1. The number of rotatable bonds is 2. The van der Waals surface area contributed by atoms with E-state index in [-0.39, 0.29) is 17.8 Å². The molecule has 0 unspecified atom stereocenters. The monoisotopic (exact) mass is 348 g/mol. The third kappa shape index (κ3) is 3.38. The van der Waals surface area contributed by atoms with Crippen molar-refractivity contribution >= 4 is 28.5 Å². The van der Waals surface area contributed by atoms with Crippen molar-refractivity contribution < 1.29 is 9.18 Å². The Kier molecular flexibility index (Phi) is 4.33. The van der Waals surface area contributed by atoms with E-state index in [1.54, 1.807) is 12.1 Å². The lowest BCUT2D eigenvalue weighted by Gasteiger charge is -2.23. The van der Waals surface area contributed by atoms with Crippen molar-refractivity contribution in [2.24, 2.45) is 0 Å². The van der Waals surface area contributed by atoms with Gasteiger partial charge >= 0.3 is 0 Å². The molecule has 1 heterocycles. The minimum atomic E-state index is -0.344. The fourth-order valence-electron chi connectivity index (χ4n) is 1.87. The van der Waals surface area contributed by atoms with Gasteiger partial charge in [-0.15, -0.1) is 0 Å². The number of piperidine rings is 1. The van der Waals surface area contributed by atoms with E-state index >= 15 is 0 Å². The van der Waals surface area contributed by atoms with E-state index in [0.717, 1.165) is 25.9 Å². The first-order valence-electron chi connectivity index (χ1n) is 5.63. The fraction of sp³-hybridized carbons (Fsp3) is 0.417. The molecule has 1 fully saturated rings. The van der Waals surface area contributed by atoms with Gasteiger partial charge in [0.25, 0.3) is 5.91 Å². The van der Waals surface area contributed by atoms with Crippen LogP contribution in [0.15, 0.2) is 18.2 Å². The summed E-state index contributed by atoms with van der Waals surface area (Å²) in [6, 6.07) is 4.76. The Bertz CT molecular complexity index is 419. The number of benzene rings is 1. The molecule has 0 aromatic heterocycles. The Morgan fingerprint density at radius 3 is 2.76 bits per heavy atom. The molecule has 1 amide bonds. The van der Waals surface area contributed by atoms with Crippen LogP contribution in [0.5, 0.6) is 0 Å². The summed E-state index contributed by atoms with van der Waals surface area (Å²) in [4.78, 5) is 11.9. The van der Waals surface area contributed by atoms with Crippen LogP contribution in [0.4, 0.5) is 4.39 Å². The predicted molar refractivity (Wildman–Crippen MR) is 72.5 cm³/mol. The maximum absolute atomic E-state index is 13.3. The molecule has 0 spiro atoms. The van der Waals surface area contributed by atoms with Gasteiger partial charge < -0.3 is 10.6 Å². The highest BCUT2D eigenvalue weighted by molar-refractivity contribution is 14.1. The lowest BCUT2D eigenvalue weighted by molar-refractivity contribution is 0.0929. The minimum absolute atomic E-state index is 0.188. The SMILES string of the molecule is O=C(NC1CCNCC1)c1ccc(I)c(F)c1. The number of amides is 1. The summed E-state index contributed by atoms with van der Waals surface area (Å²) in [5.74, 6) is -0.532. The molecule has 1 aliphatic rings. The molecule has 3 nitrogen and oxygen atoms in total. The molecule has 1 aliphatic heterocycles. The molecule has 2 rings (SSSR count). The van der Waals surface area contributed by atoms with Crippen LogP contribution in [0, 0.1) is 9.39 Å². The van der Waals surface area contributed by atoms with E-state index in [1.807, 2.05) is 22.6 Å². The molecule has 2 N–H and O–H groups in total. The zero-order valence-electron chi connectivity index (χ0n) is 9.30. The number of carbonyl (C=O) groups excluding carboxylic acids is 1. The van der Waals surface area contributed by atoms with Crippen LogP contribution in [-0.4, -0.2) is 25.0 Å². The predicted octanol–water partition coefficient (Wildman–Crippen LogP) is 1.91. The first-order chi connectivity index (χ1) is 8.16. The smallest absolute Gasteiger partial charge is 0.251 e. The summed E-state index contributed by atoms with van der Waals surface area (Å²) >= 11 is 1.90. The lowest BCUT2D eigenvalue weighted by Crippen LogP contribution is -2.42. The zero-order chi connectivity index (χ0) is 12.3. The standard InChI is InChI=1S/C12H14FIN2O/c13-10-7-8(1-2-11(10)14)12(17)16-9-3-5-15-6-4-9/h1-2,7,9,15H,3-6H2,(H,16,17). The fourth-order valence-corrected chi connectivity index (χ4v) is 2.21. The van der Waals surface area contributed by atoms with Crippen LogP contribution < -0.4 is 10.6 Å². The second kappa shape index (κ2) is 5.77. The number of hydrogen-bond donors (Lipinski definition) is 2. The average molecular weight is 348 g/mol. The van der Waals surface area contributed by atoms with E-state index in [2.05, 4.69) is 10.6 Å². The van der Waals surface area contributed by atoms with Crippen LogP contribution >= 0.6 is 22.6 Å². The number of hydrogen-bond acceptors (Lipinski definition) is 2. The van der Waals surface area contributed by atoms with E-state index in [4.69, 9.17) is 0 Å². The first kappa shape index (κ1) is 12.8. The van der Waals surface area contributed by atoms with E-state index in [9.17, 15) is 9.18 Å². The van der Waals surface area contributed by atoms with E-state index in [1.165, 1.54) is 6.07 Å². The van der Waals surface area contributed by atoms with Crippen molar-refractivity contribution in [1.82, 2.24) is 10.6 Å². The van der Waals surface area contributed by atoms with Crippen molar-refractivity contribution in [1.29, 1.82) is 0 Å². The van der Waals surface area contributed by atoms with Gasteiger partial charge in [-0.2, -0.15) is 0 Å². The average Bonchev–Trinajstić information content (AvgIpc) is 2.34. The Hall–Kier alpha value is -0.690. The number of nitrogens with one attached hydrogen (secondary N) is 2. The van der Waals surface area contributed by atoms with Crippen LogP contribution in [0.2, 0.25) is 0 Å². The second-order valence-electron chi connectivity index (χ2n) is 4.13. The molecule has 0 aliphatic carbocycles. The van der Waals surface area contributed by atoms with Gasteiger partial charge in [0.05, 0.1) is 0 Å². The zero-order valence-corrected chi connectivity index (χ0v) is 11.5. The topological polar surface area (TPSA) is 41.1 Å². The van der Waals surface area contributed by atoms with E-state index in [0.29, 0.717) is 9.13 Å². The Balaban J connectivity index is 2.01. The van der Waals surface area contributed by atoms with Gasteiger partial charge in [-0.1, -0.05) is 0 Å². The van der Waals surface area contributed by atoms with Gasteiger partial charge in [-0.25, -0.2) is 4.39 Å². The maximum atomic E-state index is 13.3. The molecule has 5 heteroatoms. The Morgan fingerprint density at radius 1 is 1.41 bits per heavy atom. The third-order valence-corrected chi connectivity index (χ3v) is 3.73. The molecule has 1 aromatic carbocycles. The quantitative estimate of drug-likeness (QED) is 0.802. The molecule has 1 aromatic rings. The largest absolute Gasteiger partial charge is 0.349 e. The molecule has 0 atom stereocenters. The van der Waals surface area contributed by atoms with Crippen molar-refractivity contribution in [3.63, 3.8) is 0 Å². The normalized spacial score (nSPS) is 16.8. The highest BCUT2D eigenvalue weighted by Crippen LogP contribution is 2.13. The van der Waals surface area contributed by atoms with E-state index < -0.39 is 0 Å². The highest BCUT2D eigenvalue weighted by Gasteiger charge is 2.16. The first-order valence-corrected chi connectivity index (χ1v) is 6.71. The highest BCUT2D eigenvalue weighted by atomic mass is 127. The summed E-state index contributed by atoms with van der Waals surface area (Å²) in [6.07, 6.45) is 1.86. The van der Waals surface area contributed by atoms with Crippen molar-refractivity contribution in [2.45, 2.75) is 18.9 Å². The number of halogens is 2. The summed E-state index contributed by atoms with van der Waals surface area (Å²) in [6.45, 7) is 1.85. The molecule has 17 heavy (non-hydrogen) atoms. The van der Waals surface area contributed by atoms with Crippen LogP contribution in [-0.2, 0) is 0 Å². The Morgan fingerprint density at radius 2 is 2.12 bits per heavy atom. The van der Waals surface area contributed by atoms with Gasteiger partial charge in [0.2, 0.25) is 0 Å². The van der Waals surface area contributed by atoms with Crippen molar-refractivity contribution in [3.8, 4) is 0 Å². The van der Waals surface area contributed by atoms with Gasteiger partial charge in [0.1, 0.15) is 5.82 Å².